The number of aromatic hydroxyl groups is 1. The fourth-order valence-corrected chi connectivity index (χ4v) is 7.50. The summed E-state index contributed by atoms with van der Waals surface area (Å²) in [4.78, 5) is 29.0. The molecule has 0 unspecified atom stereocenters. The SMILES string of the molecule is CC(=O)Oc1cc(O)c2c3c1O[C@H]1[C@@H](N(C)C(=O)C#Cc4ccc(C(F)(F)F)cc4)CC[C@H]4[C@@H](C2)N(C)CC[C@@]341. The minimum absolute atomic E-state index is 0.0753. The zero-order chi connectivity index (χ0) is 28.6. The Bertz CT molecular complexity index is 1460. The van der Waals surface area contributed by atoms with Crippen LogP contribution in [-0.4, -0.2) is 65.6 Å². The molecule has 2 aromatic carbocycles. The van der Waals surface area contributed by atoms with E-state index in [1.54, 1.807) is 11.9 Å². The maximum absolute atomic E-state index is 13.3. The molecule has 2 aliphatic carbocycles. The van der Waals surface area contributed by atoms with Gasteiger partial charge in [0.1, 0.15) is 11.9 Å². The minimum atomic E-state index is -4.45. The molecule has 1 amide bonds. The monoisotopic (exact) mass is 554 g/mol. The normalized spacial score (nSPS) is 28.1. The fourth-order valence-electron chi connectivity index (χ4n) is 7.50. The van der Waals surface area contributed by atoms with E-state index in [9.17, 15) is 27.9 Å². The van der Waals surface area contributed by atoms with E-state index in [1.165, 1.54) is 25.1 Å². The Balaban J connectivity index is 1.35. The van der Waals surface area contributed by atoms with Crippen molar-refractivity contribution in [3.63, 3.8) is 0 Å². The van der Waals surface area contributed by atoms with Crippen molar-refractivity contribution in [2.45, 2.75) is 62.4 Å². The van der Waals surface area contributed by atoms with Crippen molar-refractivity contribution in [1.82, 2.24) is 9.80 Å². The maximum atomic E-state index is 13.3. The van der Waals surface area contributed by atoms with Gasteiger partial charge >= 0.3 is 12.1 Å². The Morgan fingerprint density at radius 2 is 1.95 bits per heavy atom. The number of likely N-dealkylation sites (N-methyl/N-ethyl adjacent to an activating group) is 2. The molecule has 1 N–H and O–H groups in total. The lowest BCUT2D eigenvalue weighted by Crippen LogP contribution is -2.68. The Morgan fingerprint density at radius 3 is 2.62 bits per heavy atom. The molecule has 4 aliphatic rings. The predicted molar refractivity (Wildman–Crippen MR) is 138 cm³/mol. The number of nitrogens with zero attached hydrogens (tertiary/aromatic N) is 2. The number of rotatable bonds is 2. The summed E-state index contributed by atoms with van der Waals surface area (Å²) >= 11 is 0. The molecule has 1 saturated carbocycles. The highest BCUT2D eigenvalue weighted by Gasteiger charge is 2.66. The van der Waals surface area contributed by atoms with Gasteiger partial charge in [0, 0.05) is 54.1 Å². The quantitative estimate of drug-likeness (QED) is 0.345. The molecule has 210 valence electrons. The van der Waals surface area contributed by atoms with Crippen LogP contribution in [0.3, 0.4) is 0 Å². The fraction of sp³-hybridized carbons (Fsp3) is 0.467. The van der Waals surface area contributed by atoms with E-state index in [1.807, 2.05) is 0 Å². The number of esters is 1. The lowest BCUT2D eigenvalue weighted by Gasteiger charge is -2.59. The van der Waals surface area contributed by atoms with Gasteiger partial charge < -0.3 is 24.4 Å². The third-order valence-corrected chi connectivity index (χ3v) is 9.25. The summed E-state index contributed by atoms with van der Waals surface area (Å²) in [6, 6.07) is 5.67. The second kappa shape index (κ2) is 9.16. The van der Waals surface area contributed by atoms with Gasteiger partial charge in [-0.1, -0.05) is 5.92 Å². The lowest BCUT2D eigenvalue weighted by atomic mass is 9.51. The van der Waals surface area contributed by atoms with Crippen LogP contribution in [0.25, 0.3) is 0 Å². The number of phenolic OH excluding ortho intramolecular Hbond substituents is 1. The van der Waals surface area contributed by atoms with Crippen LogP contribution in [0.15, 0.2) is 30.3 Å². The first-order valence-electron chi connectivity index (χ1n) is 13.3. The molecule has 10 heteroatoms. The second-order valence-corrected chi connectivity index (χ2v) is 11.2. The molecule has 5 atom stereocenters. The number of hydrogen-bond donors (Lipinski definition) is 1. The molecule has 40 heavy (non-hydrogen) atoms. The van der Waals surface area contributed by atoms with Crippen LogP contribution in [0.2, 0.25) is 0 Å². The van der Waals surface area contributed by atoms with Crippen molar-refractivity contribution >= 4 is 11.9 Å². The number of hydrogen-bond acceptors (Lipinski definition) is 6. The molecule has 6 rings (SSSR count). The van der Waals surface area contributed by atoms with Gasteiger partial charge in [-0.05, 0) is 69.5 Å². The molecular formula is C30H29F3N2O5. The lowest BCUT2D eigenvalue weighted by molar-refractivity contribution is -0.137. The van der Waals surface area contributed by atoms with Gasteiger partial charge in [-0.3, -0.25) is 9.59 Å². The Hall–Kier alpha value is -3.71. The molecule has 2 bridgehead atoms. The molecular weight excluding hydrogens is 525 g/mol. The maximum Gasteiger partial charge on any atom is 0.416 e. The molecule has 0 aromatic heterocycles. The summed E-state index contributed by atoms with van der Waals surface area (Å²) in [5.74, 6) is 5.22. The van der Waals surface area contributed by atoms with E-state index in [4.69, 9.17) is 9.47 Å². The molecule has 1 spiro atoms. The van der Waals surface area contributed by atoms with Crippen LogP contribution in [0.1, 0.15) is 48.4 Å². The third-order valence-electron chi connectivity index (χ3n) is 9.25. The average Bonchev–Trinajstić information content (AvgIpc) is 3.24. The number of ether oxygens (including phenoxy) is 2. The van der Waals surface area contributed by atoms with Crippen LogP contribution in [0, 0.1) is 17.8 Å². The first-order chi connectivity index (χ1) is 18.9. The first-order valence-corrected chi connectivity index (χ1v) is 13.3. The van der Waals surface area contributed by atoms with Gasteiger partial charge in [-0.25, -0.2) is 0 Å². The minimum Gasteiger partial charge on any atom is -0.508 e. The standard InChI is InChI=1S/C30H29F3N2O5/c1-16(36)39-24-15-23(37)19-14-22-20-9-10-21(28-29(20,12-13-34(22)2)26(19)27(24)40-28)35(3)25(38)11-6-17-4-7-18(8-5-17)30(31,32)33/h4-5,7-8,15,20-22,28,37H,9-10,12-14H2,1-3H3/t20-,21-,22+,28-,29-/m0/s1. The highest BCUT2D eigenvalue weighted by atomic mass is 19.4. The number of piperidine rings is 1. The van der Waals surface area contributed by atoms with Crippen LogP contribution < -0.4 is 9.47 Å². The molecule has 2 heterocycles. The van der Waals surface area contributed by atoms with Crippen molar-refractivity contribution in [3.8, 4) is 29.1 Å². The Kier molecular flexibility index (Phi) is 6.07. The van der Waals surface area contributed by atoms with E-state index >= 15 is 0 Å². The van der Waals surface area contributed by atoms with Gasteiger partial charge in [0.2, 0.25) is 0 Å². The number of carbonyl (C=O) groups excluding carboxylic acids is 2. The third kappa shape index (κ3) is 3.93. The zero-order valence-corrected chi connectivity index (χ0v) is 22.3. The van der Waals surface area contributed by atoms with Crippen molar-refractivity contribution in [1.29, 1.82) is 0 Å². The Labute approximate surface area is 229 Å². The van der Waals surface area contributed by atoms with Crippen molar-refractivity contribution in [3.05, 3.63) is 52.6 Å². The summed E-state index contributed by atoms with van der Waals surface area (Å²) in [6.07, 6.45) is -1.96. The molecule has 2 aliphatic heterocycles. The number of carbonyl (C=O) groups is 2. The number of likely N-dealkylation sites (tertiary alicyclic amines) is 1. The molecule has 0 radical (unpaired) electrons. The largest absolute Gasteiger partial charge is 0.508 e. The van der Waals surface area contributed by atoms with E-state index in [2.05, 4.69) is 23.8 Å². The summed E-state index contributed by atoms with van der Waals surface area (Å²) in [6.45, 7) is 2.11. The molecule has 1 saturated heterocycles. The van der Waals surface area contributed by atoms with Gasteiger partial charge in [-0.15, -0.1) is 0 Å². The van der Waals surface area contributed by atoms with E-state index in [0.717, 1.165) is 42.6 Å². The summed E-state index contributed by atoms with van der Waals surface area (Å²) < 4.78 is 50.7. The number of benzene rings is 2. The number of amides is 1. The van der Waals surface area contributed by atoms with E-state index in [-0.39, 0.29) is 29.5 Å². The smallest absolute Gasteiger partial charge is 0.416 e. The van der Waals surface area contributed by atoms with Crippen molar-refractivity contribution < 1.29 is 37.3 Å². The van der Waals surface area contributed by atoms with Crippen molar-refractivity contribution in [2.75, 3.05) is 20.6 Å². The summed E-state index contributed by atoms with van der Waals surface area (Å²) in [5.41, 5.74) is 0.755. The number of phenols is 1. The number of halogens is 3. The van der Waals surface area contributed by atoms with E-state index in [0.29, 0.717) is 24.2 Å². The summed E-state index contributed by atoms with van der Waals surface area (Å²) in [7, 11) is 3.76. The van der Waals surface area contributed by atoms with Gasteiger partial charge in [0.05, 0.1) is 11.6 Å². The molecule has 2 aromatic rings. The molecule has 2 fully saturated rings. The van der Waals surface area contributed by atoms with Gasteiger partial charge in [-0.2, -0.15) is 13.2 Å². The predicted octanol–water partition coefficient (Wildman–Crippen LogP) is 3.88. The number of alkyl halides is 3. The summed E-state index contributed by atoms with van der Waals surface area (Å²) in [5, 5.41) is 11.0. The highest BCUT2D eigenvalue weighted by Crippen LogP contribution is 2.65. The second-order valence-electron chi connectivity index (χ2n) is 11.2. The highest BCUT2D eigenvalue weighted by molar-refractivity contribution is 5.94. The van der Waals surface area contributed by atoms with Crippen LogP contribution >= 0.6 is 0 Å². The van der Waals surface area contributed by atoms with E-state index < -0.39 is 35.1 Å². The van der Waals surface area contributed by atoms with Gasteiger partial charge in [0.25, 0.3) is 5.91 Å². The van der Waals surface area contributed by atoms with Crippen LogP contribution in [-0.2, 0) is 27.6 Å². The van der Waals surface area contributed by atoms with Crippen LogP contribution in [0.4, 0.5) is 13.2 Å². The zero-order valence-electron chi connectivity index (χ0n) is 22.3. The van der Waals surface area contributed by atoms with Crippen LogP contribution in [0.5, 0.6) is 17.2 Å². The van der Waals surface area contributed by atoms with Gasteiger partial charge in [0.15, 0.2) is 11.5 Å². The molecule has 7 nitrogen and oxygen atoms in total. The van der Waals surface area contributed by atoms with Crippen molar-refractivity contribution in [2.24, 2.45) is 5.92 Å². The Morgan fingerprint density at radius 1 is 1.23 bits per heavy atom. The average molecular weight is 555 g/mol. The first kappa shape index (κ1) is 26.5. The topological polar surface area (TPSA) is 79.3 Å².